The molecule has 0 aliphatic rings. The Morgan fingerprint density at radius 3 is 2.26 bits per heavy atom. The van der Waals surface area contributed by atoms with Gasteiger partial charge in [-0.25, -0.2) is 13.2 Å². The molecule has 0 radical (unpaired) electrons. The van der Waals surface area contributed by atoms with Crippen molar-refractivity contribution in [1.29, 1.82) is 0 Å². The predicted octanol–water partition coefficient (Wildman–Crippen LogP) is 2.74. The van der Waals surface area contributed by atoms with Gasteiger partial charge in [-0.15, -0.1) is 0 Å². The van der Waals surface area contributed by atoms with Crippen molar-refractivity contribution >= 4 is 5.78 Å². The number of carbonyl (C=O) groups excluding carboxylic acids is 1. The first-order chi connectivity index (χ1) is 9.02. The summed E-state index contributed by atoms with van der Waals surface area (Å²) in [5, 5.41) is 0. The molecule has 0 fully saturated rings. The number of carbonyl (C=O) groups is 1. The van der Waals surface area contributed by atoms with E-state index in [-0.39, 0.29) is 11.1 Å². The summed E-state index contributed by atoms with van der Waals surface area (Å²) in [4.78, 5) is 15.7. The van der Waals surface area contributed by atoms with Crippen LogP contribution in [-0.4, -0.2) is 17.9 Å². The first-order valence-corrected chi connectivity index (χ1v) is 5.21. The average molecular weight is 267 g/mol. The second-order valence-corrected chi connectivity index (χ2v) is 3.70. The largest absolute Gasteiger partial charge is 0.495 e. The van der Waals surface area contributed by atoms with Crippen LogP contribution in [0.5, 0.6) is 5.75 Å². The molecule has 0 unspecified atom stereocenters. The number of hydrogen-bond donors (Lipinski definition) is 0. The van der Waals surface area contributed by atoms with Crippen molar-refractivity contribution < 1.29 is 22.7 Å². The maximum Gasteiger partial charge on any atom is 0.194 e. The zero-order valence-electron chi connectivity index (χ0n) is 9.78. The van der Waals surface area contributed by atoms with Crippen LogP contribution < -0.4 is 4.74 Å². The molecule has 1 heterocycles. The van der Waals surface area contributed by atoms with Crippen molar-refractivity contribution in [2.45, 2.75) is 0 Å². The van der Waals surface area contributed by atoms with Gasteiger partial charge in [0.05, 0.1) is 13.3 Å². The van der Waals surface area contributed by atoms with Gasteiger partial charge in [-0.1, -0.05) is 0 Å². The summed E-state index contributed by atoms with van der Waals surface area (Å²) < 4.78 is 43.8. The van der Waals surface area contributed by atoms with Gasteiger partial charge in [0, 0.05) is 17.3 Å². The number of ether oxygens (including phenoxy) is 1. The van der Waals surface area contributed by atoms with Gasteiger partial charge < -0.3 is 4.74 Å². The Bertz CT molecular complexity index is 621. The fraction of sp³-hybridized carbons (Fsp3) is 0.0769. The average Bonchev–Trinajstić information content (AvgIpc) is 2.43. The molecule has 0 saturated heterocycles. The number of ketones is 1. The van der Waals surface area contributed by atoms with Crippen LogP contribution >= 0.6 is 0 Å². The molecule has 0 N–H and O–H groups in total. The smallest absolute Gasteiger partial charge is 0.194 e. The van der Waals surface area contributed by atoms with Crippen LogP contribution in [0.25, 0.3) is 0 Å². The molecule has 19 heavy (non-hydrogen) atoms. The van der Waals surface area contributed by atoms with Crippen LogP contribution in [0.2, 0.25) is 0 Å². The van der Waals surface area contributed by atoms with Crippen molar-refractivity contribution in [1.82, 2.24) is 4.98 Å². The topological polar surface area (TPSA) is 39.2 Å². The summed E-state index contributed by atoms with van der Waals surface area (Å²) in [5.74, 6) is -4.79. The van der Waals surface area contributed by atoms with E-state index < -0.39 is 23.2 Å². The number of nitrogens with zero attached hydrogens (tertiary/aromatic N) is 1. The van der Waals surface area contributed by atoms with Crippen LogP contribution in [0.15, 0.2) is 30.6 Å². The molecule has 0 bridgehead atoms. The van der Waals surface area contributed by atoms with Gasteiger partial charge in [0.2, 0.25) is 0 Å². The van der Waals surface area contributed by atoms with Crippen molar-refractivity contribution in [3.05, 3.63) is 59.2 Å². The summed E-state index contributed by atoms with van der Waals surface area (Å²) in [6, 6.07) is 2.65. The van der Waals surface area contributed by atoms with Gasteiger partial charge in [-0.3, -0.25) is 9.78 Å². The third kappa shape index (κ3) is 2.57. The lowest BCUT2D eigenvalue weighted by Gasteiger charge is -2.04. The van der Waals surface area contributed by atoms with Crippen molar-refractivity contribution in [3.8, 4) is 5.75 Å². The summed E-state index contributed by atoms with van der Waals surface area (Å²) >= 11 is 0. The lowest BCUT2D eigenvalue weighted by molar-refractivity contribution is 0.103. The molecular formula is C13H8F3NO2. The second kappa shape index (κ2) is 5.09. The molecule has 0 spiro atoms. The Morgan fingerprint density at radius 2 is 1.68 bits per heavy atom. The molecule has 2 rings (SSSR count). The minimum absolute atomic E-state index is 0.0877. The van der Waals surface area contributed by atoms with Crippen molar-refractivity contribution in [2.24, 2.45) is 0 Å². The maximum atomic E-state index is 13.1. The number of rotatable bonds is 3. The minimum atomic E-state index is -1.61. The molecule has 98 valence electrons. The number of aromatic nitrogens is 1. The van der Waals surface area contributed by atoms with Crippen molar-refractivity contribution in [2.75, 3.05) is 7.11 Å². The maximum absolute atomic E-state index is 13.1. The van der Waals surface area contributed by atoms with Gasteiger partial charge in [0.15, 0.2) is 23.2 Å². The molecule has 1 aromatic carbocycles. The zero-order valence-corrected chi connectivity index (χ0v) is 9.78. The minimum Gasteiger partial charge on any atom is -0.495 e. The molecule has 0 atom stereocenters. The third-order valence-electron chi connectivity index (χ3n) is 2.46. The quantitative estimate of drug-likeness (QED) is 0.634. The fourth-order valence-electron chi connectivity index (χ4n) is 1.51. The van der Waals surface area contributed by atoms with Crippen LogP contribution in [0.4, 0.5) is 13.2 Å². The third-order valence-corrected chi connectivity index (χ3v) is 2.46. The SMILES string of the molecule is COc1cncc(C(=O)c2cc(F)c(F)c(F)c2)c1. The summed E-state index contributed by atoms with van der Waals surface area (Å²) in [6.07, 6.45) is 2.60. The number of halogens is 3. The van der Waals surface area contributed by atoms with E-state index in [4.69, 9.17) is 4.74 Å². The van der Waals surface area contributed by atoms with E-state index in [2.05, 4.69) is 4.98 Å². The van der Waals surface area contributed by atoms with E-state index in [0.717, 1.165) is 0 Å². The standard InChI is InChI=1S/C13H8F3NO2/c1-19-9-2-8(5-17-6-9)13(18)7-3-10(14)12(16)11(15)4-7/h2-6H,1H3. The van der Waals surface area contributed by atoms with E-state index in [1.807, 2.05) is 0 Å². The Morgan fingerprint density at radius 1 is 1.05 bits per heavy atom. The van der Waals surface area contributed by atoms with E-state index in [1.54, 1.807) is 0 Å². The summed E-state index contributed by atoms with van der Waals surface area (Å²) in [5.41, 5.74) is -0.212. The molecule has 0 saturated carbocycles. The highest BCUT2D eigenvalue weighted by molar-refractivity contribution is 6.09. The predicted molar refractivity (Wildman–Crippen MR) is 60.5 cm³/mol. The van der Waals surface area contributed by atoms with Gasteiger partial charge in [-0.05, 0) is 18.2 Å². The zero-order chi connectivity index (χ0) is 14.0. The van der Waals surface area contributed by atoms with Gasteiger partial charge in [-0.2, -0.15) is 0 Å². The van der Waals surface area contributed by atoms with Gasteiger partial charge >= 0.3 is 0 Å². The molecule has 2 aromatic rings. The van der Waals surface area contributed by atoms with Crippen molar-refractivity contribution in [3.63, 3.8) is 0 Å². The number of hydrogen-bond acceptors (Lipinski definition) is 3. The molecule has 0 aliphatic heterocycles. The number of pyridine rings is 1. The molecule has 0 aliphatic carbocycles. The lowest BCUT2D eigenvalue weighted by Crippen LogP contribution is -2.05. The van der Waals surface area contributed by atoms with E-state index >= 15 is 0 Å². The highest BCUT2D eigenvalue weighted by Crippen LogP contribution is 2.18. The Labute approximate surface area is 106 Å². The van der Waals surface area contributed by atoms with Gasteiger partial charge in [0.1, 0.15) is 5.75 Å². The number of benzene rings is 1. The number of methoxy groups -OCH3 is 1. The first kappa shape index (κ1) is 13.1. The Balaban J connectivity index is 2.44. The monoisotopic (exact) mass is 267 g/mol. The molecule has 3 nitrogen and oxygen atoms in total. The van der Waals surface area contributed by atoms with Crippen LogP contribution in [-0.2, 0) is 0 Å². The molecular weight excluding hydrogens is 259 g/mol. The Kier molecular flexibility index (Phi) is 3.50. The molecule has 6 heteroatoms. The highest BCUT2D eigenvalue weighted by atomic mass is 19.2. The molecule has 0 amide bonds. The fourth-order valence-corrected chi connectivity index (χ4v) is 1.51. The normalized spacial score (nSPS) is 10.3. The highest BCUT2D eigenvalue weighted by Gasteiger charge is 2.17. The van der Waals surface area contributed by atoms with Crippen LogP contribution in [0, 0.1) is 17.5 Å². The molecule has 1 aromatic heterocycles. The summed E-state index contributed by atoms with van der Waals surface area (Å²) in [6.45, 7) is 0. The van der Waals surface area contributed by atoms with Crippen LogP contribution in [0.1, 0.15) is 15.9 Å². The van der Waals surface area contributed by atoms with Crippen LogP contribution in [0.3, 0.4) is 0 Å². The lowest BCUT2D eigenvalue weighted by atomic mass is 10.0. The van der Waals surface area contributed by atoms with E-state index in [0.29, 0.717) is 17.9 Å². The summed E-state index contributed by atoms with van der Waals surface area (Å²) in [7, 11) is 1.39. The Hall–Kier alpha value is -2.37. The first-order valence-electron chi connectivity index (χ1n) is 5.21. The van der Waals surface area contributed by atoms with E-state index in [1.165, 1.54) is 25.6 Å². The van der Waals surface area contributed by atoms with E-state index in [9.17, 15) is 18.0 Å². The van der Waals surface area contributed by atoms with Gasteiger partial charge in [0.25, 0.3) is 0 Å². The second-order valence-electron chi connectivity index (χ2n) is 3.70.